The molecule has 110 valence electrons. The minimum Gasteiger partial charge on any atom is -0.344 e. The van der Waals surface area contributed by atoms with Gasteiger partial charge in [-0.3, -0.25) is 0 Å². The van der Waals surface area contributed by atoms with Crippen LogP contribution >= 0.6 is 11.3 Å². The van der Waals surface area contributed by atoms with Crippen LogP contribution in [0.1, 0.15) is 43.6 Å². The molecule has 0 fully saturated rings. The van der Waals surface area contributed by atoms with Gasteiger partial charge in [0.1, 0.15) is 0 Å². The van der Waals surface area contributed by atoms with Crippen molar-refractivity contribution in [3.63, 3.8) is 0 Å². The van der Waals surface area contributed by atoms with Gasteiger partial charge in [-0.05, 0) is 37.4 Å². The van der Waals surface area contributed by atoms with Crippen molar-refractivity contribution < 1.29 is 0 Å². The Bertz CT molecular complexity index is 513. The summed E-state index contributed by atoms with van der Waals surface area (Å²) in [6.45, 7) is 9.53. The standard InChI is InChI=1S/C16H25N3S/c1-4-6-16-18-14(12-20-16)11-19-8-5-7-15(19)10-17-9-13(2)3/h5,7-8,12-13,17H,4,6,9-11H2,1-3H3. The van der Waals surface area contributed by atoms with E-state index < -0.39 is 0 Å². The van der Waals surface area contributed by atoms with Gasteiger partial charge in [-0.2, -0.15) is 0 Å². The average molecular weight is 291 g/mol. The summed E-state index contributed by atoms with van der Waals surface area (Å²) in [5, 5.41) is 6.95. The van der Waals surface area contributed by atoms with E-state index in [1.807, 2.05) is 0 Å². The van der Waals surface area contributed by atoms with Gasteiger partial charge in [0.05, 0.1) is 17.2 Å². The lowest BCUT2D eigenvalue weighted by molar-refractivity contribution is 0.538. The largest absolute Gasteiger partial charge is 0.344 e. The smallest absolute Gasteiger partial charge is 0.0928 e. The Morgan fingerprint density at radius 3 is 3.00 bits per heavy atom. The maximum atomic E-state index is 4.70. The van der Waals surface area contributed by atoms with Gasteiger partial charge in [0.15, 0.2) is 0 Å². The van der Waals surface area contributed by atoms with Crippen LogP contribution in [0.15, 0.2) is 23.7 Å². The summed E-state index contributed by atoms with van der Waals surface area (Å²) in [5.41, 5.74) is 2.51. The highest BCUT2D eigenvalue weighted by Crippen LogP contribution is 2.14. The molecule has 2 aromatic rings. The summed E-state index contributed by atoms with van der Waals surface area (Å²) in [6, 6.07) is 4.30. The predicted molar refractivity (Wildman–Crippen MR) is 86.2 cm³/mol. The van der Waals surface area contributed by atoms with Crippen molar-refractivity contribution in [1.29, 1.82) is 0 Å². The zero-order chi connectivity index (χ0) is 14.4. The number of thiazole rings is 1. The first-order valence-electron chi connectivity index (χ1n) is 7.47. The fourth-order valence-corrected chi connectivity index (χ4v) is 3.07. The lowest BCUT2D eigenvalue weighted by Gasteiger charge is -2.10. The molecule has 4 heteroatoms. The molecule has 0 saturated heterocycles. The SMILES string of the molecule is CCCc1nc(Cn2cccc2CNCC(C)C)cs1. The first-order valence-corrected chi connectivity index (χ1v) is 8.35. The molecule has 0 aliphatic heterocycles. The van der Waals surface area contributed by atoms with Gasteiger partial charge in [0.25, 0.3) is 0 Å². The quantitative estimate of drug-likeness (QED) is 0.804. The van der Waals surface area contributed by atoms with Crippen LogP contribution in [-0.4, -0.2) is 16.1 Å². The Hall–Kier alpha value is -1.13. The van der Waals surface area contributed by atoms with Crippen molar-refractivity contribution in [2.45, 2.75) is 46.7 Å². The minimum atomic E-state index is 0.688. The lowest BCUT2D eigenvalue weighted by atomic mass is 10.2. The van der Waals surface area contributed by atoms with E-state index in [0.29, 0.717) is 5.92 Å². The van der Waals surface area contributed by atoms with Crippen LogP contribution in [0.4, 0.5) is 0 Å². The Kier molecular flexibility index (Phi) is 5.80. The van der Waals surface area contributed by atoms with Crippen molar-refractivity contribution >= 4 is 11.3 Å². The first-order chi connectivity index (χ1) is 9.69. The third-order valence-corrected chi connectivity index (χ3v) is 4.14. The Balaban J connectivity index is 1.93. The van der Waals surface area contributed by atoms with Crippen LogP contribution < -0.4 is 5.32 Å². The maximum Gasteiger partial charge on any atom is 0.0928 e. The molecule has 0 unspecified atom stereocenters. The van der Waals surface area contributed by atoms with Gasteiger partial charge < -0.3 is 9.88 Å². The zero-order valence-corrected chi connectivity index (χ0v) is 13.5. The highest BCUT2D eigenvalue weighted by Gasteiger charge is 2.05. The molecule has 0 atom stereocenters. The Labute approximate surface area is 126 Å². The van der Waals surface area contributed by atoms with Crippen LogP contribution in [-0.2, 0) is 19.5 Å². The number of aromatic nitrogens is 2. The molecule has 0 radical (unpaired) electrons. The molecule has 2 aromatic heterocycles. The second-order valence-electron chi connectivity index (χ2n) is 5.63. The summed E-state index contributed by atoms with van der Waals surface area (Å²) in [7, 11) is 0. The van der Waals surface area contributed by atoms with E-state index >= 15 is 0 Å². The molecule has 0 aromatic carbocycles. The summed E-state index contributed by atoms with van der Waals surface area (Å²) in [4.78, 5) is 4.70. The molecule has 0 aliphatic rings. The molecule has 0 amide bonds. The van der Waals surface area contributed by atoms with Gasteiger partial charge in [-0.1, -0.05) is 20.8 Å². The predicted octanol–water partition coefficient (Wildman–Crippen LogP) is 3.69. The van der Waals surface area contributed by atoms with Gasteiger partial charge in [-0.25, -0.2) is 4.98 Å². The Morgan fingerprint density at radius 1 is 1.40 bits per heavy atom. The van der Waals surface area contributed by atoms with Crippen molar-refractivity contribution in [2.24, 2.45) is 5.92 Å². The second kappa shape index (κ2) is 7.60. The second-order valence-corrected chi connectivity index (χ2v) is 6.58. The molecule has 20 heavy (non-hydrogen) atoms. The van der Waals surface area contributed by atoms with Crippen molar-refractivity contribution in [3.05, 3.63) is 40.1 Å². The fraction of sp³-hybridized carbons (Fsp3) is 0.562. The zero-order valence-electron chi connectivity index (χ0n) is 12.7. The van der Waals surface area contributed by atoms with Crippen molar-refractivity contribution in [1.82, 2.24) is 14.9 Å². The minimum absolute atomic E-state index is 0.688. The molecule has 2 heterocycles. The summed E-state index contributed by atoms with van der Waals surface area (Å²) in [6.07, 6.45) is 4.41. The van der Waals surface area contributed by atoms with E-state index in [4.69, 9.17) is 4.98 Å². The molecular formula is C16H25N3S. The van der Waals surface area contributed by atoms with E-state index in [-0.39, 0.29) is 0 Å². The van der Waals surface area contributed by atoms with E-state index in [1.54, 1.807) is 11.3 Å². The number of nitrogens with zero attached hydrogens (tertiary/aromatic N) is 2. The van der Waals surface area contributed by atoms with Crippen LogP contribution in [0.3, 0.4) is 0 Å². The Morgan fingerprint density at radius 2 is 2.25 bits per heavy atom. The van der Waals surface area contributed by atoms with Gasteiger partial charge in [-0.15, -0.1) is 11.3 Å². The number of rotatable bonds is 8. The number of hydrogen-bond donors (Lipinski definition) is 1. The van der Waals surface area contributed by atoms with Gasteiger partial charge >= 0.3 is 0 Å². The molecule has 1 N–H and O–H groups in total. The first kappa shape index (κ1) is 15.3. The van der Waals surface area contributed by atoms with E-state index in [0.717, 1.165) is 26.1 Å². The van der Waals surface area contributed by atoms with Crippen LogP contribution in [0.2, 0.25) is 0 Å². The molecular weight excluding hydrogens is 266 g/mol. The van der Waals surface area contributed by atoms with E-state index in [9.17, 15) is 0 Å². The van der Waals surface area contributed by atoms with E-state index in [2.05, 4.69) is 54.4 Å². The molecule has 0 bridgehead atoms. The monoisotopic (exact) mass is 291 g/mol. The summed E-state index contributed by atoms with van der Waals surface area (Å²) >= 11 is 1.78. The van der Waals surface area contributed by atoms with Crippen molar-refractivity contribution in [2.75, 3.05) is 6.54 Å². The van der Waals surface area contributed by atoms with Gasteiger partial charge in [0, 0.05) is 23.8 Å². The van der Waals surface area contributed by atoms with Crippen LogP contribution in [0, 0.1) is 5.92 Å². The molecule has 3 nitrogen and oxygen atoms in total. The van der Waals surface area contributed by atoms with E-state index in [1.165, 1.54) is 22.8 Å². The number of aryl methyl sites for hydroxylation is 1. The maximum absolute atomic E-state index is 4.70. The number of nitrogens with one attached hydrogen (secondary N) is 1. The molecule has 0 saturated carbocycles. The molecule has 0 aliphatic carbocycles. The third kappa shape index (κ3) is 4.46. The summed E-state index contributed by atoms with van der Waals surface area (Å²) < 4.78 is 2.29. The highest BCUT2D eigenvalue weighted by molar-refractivity contribution is 7.09. The average Bonchev–Trinajstić information content (AvgIpc) is 3.01. The molecule has 2 rings (SSSR count). The lowest BCUT2D eigenvalue weighted by Crippen LogP contribution is -2.21. The fourth-order valence-electron chi connectivity index (χ4n) is 2.18. The molecule has 0 spiro atoms. The van der Waals surface area contributed by atoms with Crippen LogP contribution in [0.5, 0.6) is 0 Å². The normalized spacial score (nSPS) is 11.4. The highest BCUT2D eigenvalue weighted by atomic mass is 32.1. The summed E-state index contributed by atoms with van der Waals surface area (Å²) in [5.74, 6) is 0.688. The van der Waals surface area contributed by atoms with Crippen LogP contribution in [0.25, 0.3) is 0 Å². The van der Waals surface area contributed by atoms with Crippen molar-refractivity contribution in [3.8, 4) is 0 Å². The van der Waals surface area contributed by atoms with Gasteiger partial charge in [0.2, 0.25) is 0 Å². The third-order valence-electron chi connectivity index (χ3n) is 3.18. The number of hydrogen-bond acceptors (Lipinski definition) is 3. The topological polar surface area (TPSA) is 29.9 Å².